The summed E-state index contributed by atoms with van der Waals surface area (Å²) >= 11 is 0. The van der Waals surface area contributed by atoms with Gasteiger partial charge < -0.3 is 16.4 Å². The molecule has 0 bridgehead atoms. The van der Waals surface area contributed by atoms with Crippen molar-refractivity contribution in [1.29, 1.82) is 0 Å². The van der Waals surface area contributed by atoms with E-state index in [1.165, 1.54) is 0 Å². The number of benzene rings is 2. The van der Waals surface area contributed by atoms with E-state index < -0.39 is 4.92 Å². The number of aromatic nitrogens is 2. The van der Waals surface area contributed by atoms with Crippen molar-refractivity contribution in [2.75, 3.05) is 22.9 Å². The summed E-state index contributed by atoms with van der Waals surface area (Å²) in [7, 11) is 0. The van der Waals surface area contributed by atoms with E-state index in [1.54, 1.807) is 0 Å². The molecule has 1 heterocycles. The molecule has 138 valence electrons. The van der Waals surface area contributed by atoms with Crippen LogP contribution in [-0.2, 0) is 6.42 Å². The van der Waals surface area contributed by atoms with Crippen molar-refractivity contribution in [2.45, 2.75) is 13.3 Å². The van der Waals surface area contributed by atoms with Gasteiger partial charge in [-0.25, -0.2) is 0 Å². The Morgan fingerprint density at radius 2 is 1.78 bits per heavy atom. The molecule has 0 unspecified atom stereocenters. The van der Waals surface area contributed by atoms with Gasteiger partial charge in [0.2, 0.25) is 17.6 Å². The number of nitro groups is 1. The van der Waals surface area contributed by atoms with Gasteiger partial charge in [-0.15, -0.1) is 0 Å². The number of nitrogens with one attached hydrogen (secondary N) is 2. The zero-order valence-corrected chi connectivity index (χ0v) is 14.8. The molecule has 1 aromatic heterocycles. The van der Waals surface area contributed by atoms with Crippen LogP contribution in [0.3, 0.4) is 0 Å². The molecule has 0 aliphatic carbocycles. The van der Waals surface area contributed by atoms with Crippen LogP contribution in [0, 0.1) is 17.0 Å². The standard InChI is InChI=1S/C19H20N6O2/c1-13-7-9-15(10-8-13)22-18-16(25(26)27)17(20)23-19(24-18)21-12-11-14-5-3-2-4-6-14/h2-10H,11-12H2,1H3,(H4,20,21,22,23,24). The monoisotopic (exact) mass is 364 g/mol. The van der Waals surface area contributed by atoms with Crippen molar-refractivity contribution in [3.63, 3.8) is 0 Å². The first-order valence-corrected chi connectivity index (χ1v) is 8.46. The van der Waals surface area contributed by atoms with Gasteiger partial charge >= 0.3 is 5.69 Å². The molecule has 3 aromatic rings. The Morgan fingerprint density at radius 1 is 1.07 bits per heavy atom. The van der Waals surface area contributed by atoms with Crippen LogP contribution in [0.25, 0.3) is 0 Å². The minimum absolute atomic E-state index is 0.0542. The second kappa shape index (κ2) is 8.13. The highest BCUT2D eigenvalue weighted by atomic mass is 16.6. The fourth-order valence-electron chi connectivity index (χ4n) is 2.56. The molecule has 0 amide bonds. The second-order valence-electron chi connectivity index (χ2n) is 6.04. The number of nitrogens with two attached hydrogens (primary N) is 1. The summed E-state index contributed by atoms with van der Waals surface area (Å²) in [5.74, 6) is 0.106. The molecule has 27 heavy (non-hydrogen) atoms. The molecule has 4 N–H and O–H groups in total. The lowest BCUT2D eigenvalue weighted by atomic mass is 10.1. The second-order valence-corrected chi connectivity index (χ2v) is 6.04. The molecule has 0 aliphatic heterocycles. The molecule has 8 heteroatoms. The first-order valence-electron chi connectivity index (χ1n) is 8.46. The number of hydrogen-bond donors (Lipinski definition) is 3. The van der Waals surface area contributed by atoms with Crippen molar-refractivity contribution in [3.8, 4) is 0 Å². The number of nitrogen functional groups attached to an aromatic ring is 1. The minimum atomic E-state index is -0.584. The van der Waals surface area contributed by atoms with Crippen LogP contribution in [0.2, 0.25) is 0 Å². The number of rotatable bonds is 7. The number of aryl methyl sites for hydroxylation is 1. The Morgan fingerprint density at radius 3 is 2.44 bits per heavy atom. The molecule has 0 saturated carbocycles. The van der Waals surface area contributed by atoms with Crippen molar-refractivity contribution in [1.82, 2.24) is 9.97 Å². The van der Waals surface area contributed by atoms with Crippen molar-refractivity contribution >= 4 is 29.0 Å². The van der Waals surface area contributed by atoms with E-state index in [-0.39, 0.29) is 23.3 Å². The highest BCUT2D eigenvalue weighted by Gasteiger charge is 2.23. The van der Waals surface area contributed by atoms with Crippen LogP contribution < -0.4 is 16.4 Å². The van der Waals surface area contributed by atoms with Crippen LogP contribution in [0.15, 0.2) is 54.6 Å². The SMILES string of the molecule is Cc1ccc(Nc2nc(NCCc3ccccc3)nc(N)c2[N+](=O)[O-])cc1. The summed E-state index contributed by atoms with van der Waals surface area (Å²) in [4.78, 5) is 19.1. The molecule has 0 aliphatic rings. The molecule has 0 radical (unpaired) electrons. The smallest absolute Gasteiger partial charge is 0.353 e. The van der Waals surface area contributed by atoms with Crippen LogP contribution in [-0.4, -0.2) is 21.4 Å². The largest absolute Gasteiger partial charge is 0.378 e. The van der Waals surface area contributed by atoms with E-state index in [1.807, 2.05) is 61.5 Å². The number of hydrogen-bond acceptors (Lipinski definition) is 7. The molecular formula is C19H20N6O2. The van der Waals surface area contributed by atoms with Crippen molar-refractivity contribution < 1.29 is 4.92 Å². The van der Waals surface area contributed by atoms with Gasteiger partial charge in [-0.1, -0.05) is 48.0 Å². The Kier molecular flexibility index (Phi) is 5.46. The van der Waals surface area contributed by atoms with Crippen molar-refractivity contribution in [2.24, 2.45) is 0 Å². The molecular weight excluding hydrogens is 344 g/mol. The predicted octanol–water partition coefficient (Wildman–Crippen LogP) is 3.67. The third-order valence-electron chi connectivity index (χ3n) is 3.95. The molecule has 0 spiro atoms. The molecule has 2 aromatic carbocycles. The zero-order valence-electron chi connectivity index (χ0n) is 14.8. The summed E-state index contributed by atoms with van der Waals surface area (Å²) in [6, 6.07) is 17.4. The van der Waals surface area contributed by atoms with E-state index in [0.29, 0.717) is 12.2 Å². The Labute approximate surface area is 156 Å². The molecule has 3 rings (SSSR count). The van der Waals surface area contributed by atoms with E-state index in [0.717, 1.165) is 17.5 Å². The summed E-state index contributed by atoms with van der Waals surface area (Å²) in [5.41, 5.74) is 8.39. The van der Waals surface area contributed by atoms with Crippen LogP contribution >= 0.6 is 0 Å². The predicted molar refractivity (Wildman–Crippen MR) is 106 cm³/mol. The Balaban J connectivity index is 1.80. The quantitative estimate of drug-likeness (QED) is 0.432. The Hall–Kier alpha value is -3.68. The summed E-state index contributed by atoms with van der Waals surface area (Å²) in [6.45, 7) is 2.54. The summed E-state index contributed by atoms with van der Waals surface area (Å²) in [6.07, 6.45) is 0.766. The lowest BCUT2D eigenvalue weighted by Gasteiger charge is -2.11. The van der Waals surface area contributed by atoms with Gasteiger partial charge in [-0.05, 0) is 31.0 Å². The fraction of sp³-hybridized carbons (Fsp3) is 0.158. The highest BCUT2D eigenvalue weighted by molar-refractivity contribution is 5.74. The topological polar surface area (TPSA) is 119 Å². The average Bonchev–Trinajstić information content (AvgIpc) is 2.64. The van der Waals surface area contributed by atoms with E-state index in [2.05, 4.69) is 20.6 Å². The first kappa shape index (κ1) is 18.1. The maximum Gasteiger partial charge on any atom is 0.353 e. The fourth-order valence-corrected chi connectivity index (χ4v) is 2.56. The van der Waals surface area contributed by atoms with Gasteiger partial charge in [0.05, 0.1) is 4.92 Å². The Bertz CT molecular complexity index is 929. The van der Waals surface area contributed by atoms with Gasteiger partial charge in [0, 0.05) is 12.2 Å². The van der Waals surface area contributed by atoms with Gasteiger partial charge in [0.15, 0.2) is 0 Å². The van der Waals surface area contributed by atoms with Gasteiger partial charge in [-0.3, -0.25) is 10.1 Å². The maximum absolute atomic E-state index is 11.4. The van der Waals surface area contributed by atoms with Gasteiger partial charge in [0.25, 0.3) is 0 Å². The van der Waals surface area contributed by atoms with Crippen molar-refractivity contribution in [3.05, 3.63) is 75.8 Å². The zero-order chi connectivity index (χ0) is 19.2. The lowest BCUT2D eigenvalue weighted by molar-refractivity contribution is -0.383. The van der Waals surface area contributed by atoms with Gasteiger partial charge in [0.1, 0.15) is 0 Å². The third-order valence-corrected chi connectivity index (χ3v) is 3.95. The molecule has 0 atom stereocenters. The average molecular weight is 364 g/mol. The van der Waals surface area contributed by atoms with Crippen LogP contribution in [0.5, 0.6) is 0 Å². The first-order chi connectivity index (χ1) is 13.0. The molecule has 0 saturated heterocycles. The van der Waals surface area contributed by atoms with E-state index >= 15 is 0 Å². The maximum atomic E-state index is 11.4. The highest BCUT2D eigenvalue weighted by Crippen LogP contribution is 2.31. The van der Waals surface area contributed by atoms with Gasteiger partial charge in [-0.2, -0.15) is 9.97 Å². The lowest BCUT2D eigenvalue weighted by Crippen LogP contribution is -2.12. The number of anilines is 4. The molecule has 8 nitrogen and oxygen atoms in total. The van der Waals surface area contributed by atoms with E-state index in [4.69, 9.17) is 5.73 Å². The normalized spacial score (nSPS) is 10.4. The van der Waals surface area contributed by atoms with Crippen LogP contribution in [0.4, 0.5) is 29.0 Å². The molecule has 0 fully saturated rings. The third kappa shape index (κ3) is 4.69. The minimum Gasteiger partial charge on any atom is -0.378 e. The summed E-state index contributed by atoms with van der Waals surface area (Å²) in [5, 5.41) is 17.4. The van der Waals surface area contributed by atoms with Crippen LogP contribution in [0.1, 0.15) is 11.1 Å². The number of nitrogens with zero attached hydrogens (tertiary/aromatic N) is 3. The summed E-state index contributed by atoms with van der Waals surface area (Å²) < 4.78 is 0. The van der Waals surface area contributed by atoms with E-state index in [9.17, 15) is 10.1 Å².